The number of carbonyl (C=O) groups is 1. The molecule has 0 spiro atoms. The van der Waals surface area contributed by atoms with Crippen LogP contribution in [0, 0.1) is 0 Å². The zero-order chi connectivity index (χ0) is 52.4. The van der Waals surface area contributed by atoms with E-state index in [-0.39, 0.29) is 18.9 Å². The van der Waals surface area contributed by atoms with Gasteiger partial charge in [0.25, 0.3) is 0 Å². The lowest BCUT2D eigenvalue weighted by Crippen LogP contribution is -2.65. The summed E-state index contributed by atoms with van der Waals surface area (Å²) in [5.74, 6) is -0.249. The molecule has 12 unspecified atom stereocenters. The zero-order valence-electron chi connectivity index (χ0n) is 45.4. The number of carbonyl (C=O) groups excluding carboxylic acids is 1. The maximum Gasteiger partial charge on any atom is 0.220 e. The highest BCUT2D eigenvalue weighted by Gasteiger charge is 2.51. The standard InChI is InChI=1S/C58H109NO13/c1-3-5-7-9-11-13-15-16-17-18-19-20-21-22-23-24-25-26-27-28-29-30-32-33-35-37-39-41-47(62)46(59-50(63)42-40-38-36-34-31-14-12-10-8-6-4-2)45-69-57-55(68)53(66)56(49(44-61)71-57)72-58-54(67)52(65)51(64)48(43-60)70-58/h10,12,39,41,46-49,51-58,60-62,64-68H,3-9,11,13-38,40,42-45H2,1-2H3,(H,59,63)/b12-10-,41-39+. The van der Waals surface area contributed by atoms with E-state index >= 15 is 0 Å². The van der Waals surface area contributed by atoms with Crippen LogP contribution in [-0.2, 0) is 23.7 Å². The van der Waals surface area contributed by atoms with Crippen LogP contribution in [0.3, 0.4) is 0 Å². The number of aliphatic hydroxyl groups excluding tert-OH is 8. The van der Waals surface area contributed by atoms with Gasteiger partial charge >= 0.3 is 0 Å². The minimum absolute atomic E-state index is 0.249. The molecule has 0 aromatic carbocycles. The van der Waals surface area contributed by atoms with E-state index in [1.54, 1.807) is 6.08 Å². The Morgan fingerprint density at radius 1 is 0.486 bits per heavy atom. The van der Waals surface area contributed by atoms with Gasteiger partial charge in [-0.05, 0) is 38.5 Å². The van der Waals surface area contributed by atoms with Crippen molar-refractivity contribution in [1.29, 1.82) is 0 Å². The molecule has 2 fully saturated rings. The molecule has 0 aromatic heterocycles. The van der Waals surface area contributed by atoms with Gasteiger partial charge in [-0.15, -0.1) is 0 Å². The molecule has 2 saturated heterocycles. The van der Waals surface area contributed by atoms with Crippen molar-refractivity contribution in [2.45, 2.75) is 319 Å². The van der Waals surface area contributed by atoms with E-state index in [1.807, 2.05) is 6.08 Å². The maximum atomic E-state index is 13.2. The van der Waals surface area contributed by atoms with Crippen LogP contribution in [0.4, 0.5) is 0 Å². The lowest BCUT2D eigenvalue weighted by atomic mass is 9.97. The van der Waals surface area contributed by atoms with Crippen LogP contribution in [0.1, 0.15) is 245 Å². The van der Waals surface area contributed by atoms with Crippen molar-refractivity contribution in [2.24, 2.45) is 0 Å². The fourth-order valence-electron chi connectivity index (χ4n) is 9.80. The van der Waals surface area contributed by atoms with Gasteiger partial charge in [0, 0.05) is 6.42 Å². The summed E-state index contributed by atoms with van der Waals surface area (Å²) in [5.41, 5.74) is 0. The van der Waals surface area contributed by atoms with E-state index in [1.165, 1.54) is 161 Å². The third kappa shape index (κ3) is 30.3. The SMILES string of the molecule is CCCC/C=C\CCCCCCCC(=O)NC(COC1OC(CO)C(OC2OC(CO)C(O)C(O)C2O)C(O)C1O)C(O)/C=C/CCCCCCCCCCCCCCCCCCCCCCCCCCC. The minimum atomic E-state index is -1.79. The molecule has 72 heavy (non-hydrogen) atoms. The summed E-state index contributed by atoms with van der Waals surface area (Å²) in [6.07, 6.45) is 35.3. The Hall–Kier alpha value is -1.53. The number of ether oxygens (including phenoxy) is 4. The molecule has 424 valence electrons. The van der Waals surface area contributed by atoms with Gasteiger partial charge in [-0.25, -0.2) is 0 Å². The lowest BCUT2D eigenvalue weighted by Gasteiger charge is -2.46. The first-order chi connectivity index (χ1) is 35.1. The van der Waals surface area contributed by atoms with Gasteiger partial charge < -0.3 is 65.1 Å². The van der Waals surface area contributed by atoms with Crippen molar-refractivity contribution >= 4 is 5.91 Å². The van der Waals surface area contributed by atoms with Crippen LogP contribution in [0.15, 0.2) is 24.3 Å². The minimum Gasteiger partial charge on any atom is -0.394 e. The molecule has 0 bridgehead atoms. The molecule has 1 amide bonds. The second-order valence-electron chi connectivity index (χ2n) is 21.1. The van der Waals surface area contributed by atoms with Crippen molar-refractivity contribution in [2.75, 3.05) is 19.8 Å². The van der Waals surface area contributed by atoms with E-state index in [4.69, 9.17) is 18.9 Å². The highest BCUT2D eigenvalue weighted by atomic mass is 16.7. The summed E-state index contributed by atoms with van der Waals surface area (Å²) in [5, 5.41) is 86.9. The predicted octanol–water partition coefficient (Wildman–Crippen LogP) is 9.67. The summed E-state index contributed by atoms with van der Waals surface area (Å²) in [7, 11) is 0. The maximum absolute atomic E-state index is 13.2. The van der Waals surface area contributed by atoms with Crippen molar-refractivity contribution in [1.82, 2.24) is 5.32 Å². The second kappa shape index (κ2) is 44.6. The number of hydrogen-bond donors (Lipinski definition) is 9. The molecular weight excluding hydrogens is 919 g/mol. The highest BCUT2D eigenvalue weighted by Crippen LogP contribution is 2.30. The Labute approximate surface area is 437 Å². The van der Waals surface area contributed by atoms with Crippen molar-refractivity contribution in [3.05, 3.63) is 24.3 Å². The average Bonchev–Trinajstić information content (AvgIpc) is 3.38. The molecule has 14 nitrogen and oxygen atoms in total. The molecule has 12 atom stereocenters. The number of amides is 1. The molecular formula is C58H109NO13. The van der Waals surface area contributed by atoms with Gasteiger partial charge in [0.1, 0.15) is 48.8 Å². The number of allylic oxidation sites excluding steroid dienone is 3. The third-order valence-electron chi connectivity index (χ3n) is 14.6. The topological polar surface area (TPSA) is 228 Å². The number of hydrogen-bond acceptors (Lipinski definition) is 13. The Kier molecular flexibility index (Phi) is 41.2. The van der Waals surface area contributed by atoms with Gasteiger partial charge in [-0.3, -0.25) is 4.79 Å². The quantitative estimate of drug-likeness (QED) is 0.0205. The van der Waals surface area contributed by atoms with E-state index < -0.39 is 86.8 Å². The number of unbranched alkanes of at least 4 members (excludes halogenated alkanes) is 32. The van der Waals surface area contributed by atoms with Crippen molar-refractivity contribution < 1.29 is 64.6 Å². The van der Waals surface area contributed by atoms with Crippen LogP contribution >= 0.6 is 0 Å². The monoisotopic (exact) mass is 1030 g/mol. The van der Waals surface area contributed by atoms with E-state index in [0.717, 1.165) is 57.8 Å². The van der Waals surface area contributed by atoms with Gasteiger partial charge in [0.2, 0.25) is 5.91 Å². The van der Waals surface area contributed by atoms with E-state index in [9.17, 15) is 45.6 Å². The second-order valence-corrected chi connectivity index (χ2v) is 21.1. The fraction of sp³-hybridized carbons (Fsp3) is 0.914. The molecule has 0 saturated carbocycles. The van der Waals surface area contributed by atoms with Crippen LogP contribution in [-0.4, -0.2) is 140 Å². The fourth-order valence-corrected chi connectivity index (χ4v) is 9.80. The zero-order valence-corrected chi connectivity index (χ0v) is 45.4. The number of aliphatic hydroxyl groups is 8. The number of nitrogens with one attached hydrogen (secondary N) is 1. The molecule has 2 aliphatic rings. The summed E-state index contributed by atoms with van der Waals surface area (Å²) in [6, 6.07) is -0.916. The first-order valence-corrected chi connectivity index (χ1v) is 29.6. The number of rotatable bonds is 47. The van der Waals surface area contributed by atoms with Crippen LogP contribution in [0.2, 0.25) is 0 Å². The smallest absolute Gasteiger partial charge is 0.220 e. The van der Waals surface area contributed by atoms with Crippen LogP contribution in [0.25, 0.3) is 0 Å². The Morgan fingerprint density at radius 3 is 1.36 bits per heavy atom. The van der Waals surface area contributed by atoms with Crippen molar-refractivity contribution in [3.63, 3.8) is 0 Å². The Balaban J connectivity index is 1.71. The molecule has 2 aliphatic heterocycles. The predicted molar refractivity (Wildman–Crippen MR) is 286 cm³/mol. The normalized spacial score (nSPS) is 25.7. The van der Waals surface area contributed by atoms with Crippen molar-refractivity contribution in [3.8, 4) is 0 Å². The van der Waals surface area contributed by atoms with Gasteiger partial charge in [-0.1, -0.05) is 224 Å². The summed E-state index contributed by atoms with van der Waals surface area (Å²) < 4.78 is 22.7. The Morgan fingerprint density at radius 2 is 0.889 bits per heavy atom. The molecule has 0 radical (unpaired) electrons. The van der Waals surface area contributed by atoms with Gasteiger partial charge in [-0.2, -0.15) is 0 Å². The average molecular weight is 1030 g/mol. The Bertz CT molecular complexity index is 1300. The lowest BCUT2D eigenvalue weighted by molar-refractivity contribution is -0.359. The van der Waals surface area contributed by atoms with Crippen LogP contribution < -0.4 is 5.32 Å². The molecule has 9 N–H and O–H groups in total. The molecule has 0 aliphatic carbocycles. The first-order valence-electron chi connectivity index (χ1n) is 29.6. The highest BCUT2D eigenvalue weighted by molar-refractivity contribution is 5.76. The molecule has 2 rings (SSSR count). The van der Waals surface area contributed by atoms with Crippen LogP contribution in [0.5, 0.6) is 0 Å². The summed E-state index contributed by atoms with van der Waals surface area (Å²) in [6.45, 7) is 2.76. The van der Waals surface area contributed by atoms with Gasteiger partial charge in [0.15, 0.2) is 12.6 Å². The summed E-state index contributed by atoms with van der Waals surface area (Å²) in [4.78, 5) is 13.2. The summed E-state index contributed by atoms with van der Waals surface area (Å²) >= 11 is 0. The third-order valence-corrected chi connectivity index (χ3v) is 14.6. The first kappa shape index (κ1) is 66.6. The van der Waals surface area contributed by atoms with E-state index in [0.29, 0.717) is 6.42 Å². The molecule has 0 aromatic rings. The van der Waals surface area contributed by atoms with E-state index in [2.05, 4.69) is 31.3 Å². The largest absolute Gasteiger partial charge is 0.394 e. The molecule has 14 heteroatoms. The van der Waals surface area contributed by atoms with Gasteiger partial charge in [0.05, 0.1) is 32.0 Å². The molecule has 2 heterocycles.